The summed E-state index contributed by atoms with van der Waals surface area (Å²) >= 11 is 9.47. The molecule has 138 valence electrons. The standard InChI is InChI=1S/C21H23BrClNO2/c1-2-19(16-8-7-14-5-3-4-6-15(14)11-16)24-21(25)13-26-20-10-9-17(22)12-18(20)23/h7-12,19H,2-6,13H2,1H3,(H,24,25)/t19-/m0/s1. The highest BCUT2D eigenvalue weighted by atomic mass is 79.9. The molecule has 0 aliphatic heterocycles. The number of aryl methyl sites for hydroxylation is 2. The van der Waals surface area contributed by atoms with Crippen LogP contribution in [0.15, 0.2) is 40.9 Å². The van der Waals surface area contributed by atoms with Crippen LogP contribution in [0.2, 0.25) is 5.02 Å². The first-order chi connectivity index (χ1) is 12.6. The first-order valence-electron chi connectivity index (χ1n) is 9.05. The van der Waals surface area contributed by atoms with E-state index < -0.39 is 0 Å². The van der Waals surface area contributed by atoms with E-state index in [0.717, 1.165) is 17.3 Å². The molecule has 0 heterocycles. The van der Waals surface area contributed by atoms with Crippen molar-refractivity contribution in [3.05, 3.63) is 62.6 Å². The molecule has 0 radical (unpaired) electrons. The summed E-state index contributed by atoms with van der Waals surface area (Å²) in [5.74, 6) is 0.361. The fourth-order valence-corrected chi connectivity index (χ4v) is 4.09. The fraction of sp³-hybridized carbons (Fsp3) is 0.381. The maximum atomic E-state index is 12.3. The Morgan fingerprint density at radius 2 is 1.96 bits per heavy atom. The van der Waals surface area contributed by atoms with Crippen molar-refractivity contribution in [3.63, 3.8) is 0 Å². The van der Waals surface area contributed by atoms with Gasteiger partial charge in [0, 0.05) is 4.47 Å². The summed E-state index contributed by atoms with van der Waals surface area (Å²) in [5.41, 5.74) is 4.05. The van der Waals surface area contributed by atoms with Crippen LogP contribution in [0.5, 0.6) is 5.75 Å². The zero-order valence-electron chi connectivity index (χ0n) is 14.9. The van der Waals surface area contributed by atoms with Crippen LogP contribution in [-0.2, 0) is 17.6 Å². The predicted octanol–water partition coefficient (Wildman–Crippen LogP) is 5.63. The second-order valence-corrected chi connectivity index (χ2v) is 7.95. The second-order valence-electron chi connectivity index (χ2n) is 6.63. The van der Waals surface area contributed by atoms with Crippen LogP contribution in [0.25, 0.3) is 0 Å². The van der Waals surface area contributed by atoms with Crippen molar-refractivity contribution in [1.29, 1.82) is 0 Å². The van der Waals surface area contributed by atoms with Gasteiger partial charge in [0.1, 0.15) is 5.75 Å². The van der Waals surface area contributed by atoms with Crippen molar-refractivity contribution in [3.8, 4) is 5.75 Å². The highest BCUT2D eigenvalue weighted by Crippen LogP contribution is 2.28. The smallest absolute Gasteiger partial charge is 0.258 e. The van der Waals surface area contributed by atoms with Crippen molar-refractivity contribution in [2.45, 2.75) is 45.1 Å². The molecule has 0 saturated carbocycles. The molecule has 0 bridgehead atoms. The number of hydrogen-bond acceptors (Lipinski definition) is 2. The molecule has 0 spiro atoms. The van der Waals surface area contributed by atoms with E-state index in [-0.39, 0.29) is 18.6 Å². The van der Waals surface area contributed by atoms with Gasteiger partial charge in [-0.2, -0.15) is 0 Å². The summed E-state index contributed by atoms with van der Waals surface area (Å²) in [6, 6.07) is 12.0. The quantitative estimate of drug-likeness (QED) is 0.637. The number of hydrogen-bond donors (Lipinski definition) is 1. The number of ether oxygens (including phenoxy) is 1. The Morgan fingerprint density at radius 1 is 1.19 bits per heavy atom. The first kappa shape index (κ1) is 19.2. The molecule has 1 atom stereocenters. The van der Waals surface area contributed by atoms with E-state index in [1.807, 2.05) is 6.07 Å². The van der Waals surface area contributed by atoms with E-state index in [9.17, 15) is 4.79 Å². The Bertz CT molecular complexity index is 794. The Labute approximate surface area is 168 Å². The number of fused-ring (bicyclic) bond motifs is 1. The normalized spacial score (nSPS) is 14.4. The maximum absolute atomic E-state index is 12.3. The topological polar surface area (TPSA) is 38.3 Å². The van der Waals surface area contributed by atoms with E-state index in [2.05, 4.69) is 46.4 Å². The minimum Gasteiger partial charge on any atom is -0.482 e. The SMILES string of the molecule is CC[C@H](NC(=O)COc1ccc(Br)cc1Cl)c1ccc2c(c1)CCCC2. The summed E-state index contributed by atoms with van der Waals surface area (Å²) in [7, 11) is 0. The molecule has 0 fully saturated rings. The number of carbonyl (C=O) groups excluding carboxylic acids is 1. The van der Waals surface area contributed by atoms with Crippen LogP contribution in [0.4, 0.5) is 0 Å². The zero-order chi connectivity index (χ0) is 18.5. The van der Waals surface area contributed by atoms with Gasteiger partial charge in [-0.3, -0.25) is 4.79 Å². The van der Waals surface area contributed by atoms with Gasteiger partial charge in [-0.05, 0) is 67.0 Å². The lowest BCUT2D eigenvalue weighted by atomic mass is 9.89. The molecule has 2 aromatic carbocycles. The van der Waals surface area contributed by atoms with Crippen LogP contribution in [-0.4, -0.2) is 12.5 Å². The van der Waals surface area contributed by atoms with Gasteiger partial charge < -0.3 is 10.1 Å². The summed E-state index contributed by atoms with van der Waals surface area (Å²) in [5, 5.41) is 3.56. The molecular weight excluding hydrogens is 414 g/mol. The molecule has 1 aliphatic rings. The number of nitrogens with one attached hydrogen (secondary N) is 1. The highest BCUT2D eigenvalue weighted by molar-refractivity contribution is 9.10. The van der Waals surface area contributed by atoms with E-state index in [0.29, 0.717) is 10.8 Å². The molecule has 1 aliphatic carbocycles. The number of amides is 1. The third-order valence-corrected chi connectivity index (χ3v) is 5.56. The molecule has 1 amide bonds. The van der Waals surface area contributed by atoms with Gasteiger partial charge in [-0.25, -0.2) is 0 Å². The largest absolute Gasteiger partial charge is 0.482 e. The maximum Gasteiger partial charge on any atom is 0.258 e. The third-order valence-electron chi connectivity index (χ3n) is 4.77. The van der Waals surface area contributed by atoms with Crippen molar-refractivity contribution < 1.29 is 9.53 Å². The van der Waals surface area contributed by atoms with Gasteiger partial charge in [-0.15, -0.1) is 0 Å². The summed E-state index contributed by atoms with van der Waals surface area (Å²) in [6.45, 7) is 2.03. The van der Waals surface area contributed by atoms with Gasteiger partial charge in [-0.1, -0.05) is 52.7 Å². The van der Waals surface area contributed by atoms with Crippen molar-refractivity contribution in [2.75, 3.05) is 6.61 Å². The van der Waals surface area contributed by atoms with E-state index >= 15 is 0 Å². The minimum absolute atomic E-state index is 0.00119. The van der Waals surface area contributed by atoms with E-state index in [1.54, 1.807) is 12.1 Å². The molecule has 0 aromatic heterocycles. The molecule has 0 unspecified atom stereocenters. The molecule has 5 heteroatoms. The van der Waals surface area contributed by atoms with Crippen molar-refractivity contribution in [1.82, 2.24) is 5.32 Å². The van der Waals surface area contributed by atoms with Crippen molar-refractivity contribution in [2.24, 2.45) is 0 Å². The Morgan fingerprint density at radius 3 is 2.69 bits per heavy atom. The Hall–Kier alpha value is -1.52. The van der Waals surface area contributed by atoms with Crippen LogP contribution in [0.1, 0.15) is 48.9 Å². The number of rotatable bonds is 6. The Kier molecular flexibility index (Phi) is 6.60. The lowest BCUT2D eigenvalue weighted by molar-refractivity contribution is -0.123. The molecule has 3 nitrogen and oxygen atoms in total. The lowest BCUT2D eigenvalue weighted by Crippen LogP contribution is -2.32. The third kappa shape index (κ3) is 4.80. The molecular formula is C21H23BrClNO2. The highest BCUT2D eigenvalue weighted by Gasteiger charge is 2.16. The first-order valence-corrected chi connectivity index (χ1v) is 10.2. The Balaban J connectivity index is 1.61. The minimum atomic E-state index is -0.145. The van der Waals surface area contributed by atoms with Crippen LogP contribution >= 0.6 is 27.5 Å². The molecule has 26 heavy (non-hydrogen) atoms. The monoisotopic (exact) mass is 435 g/mol. The molecule has 0 saturated heterocycles. The summed E-state index contributed by atoms with van der Waals surface area (Å²) in [4.78, 5) is 12.3. The van der Waals surface area contributed by atoms with Gasteiger partial charge in [0.2, 0.25) is 0 Å². The molecule has 2 aromatic rings. The van der Waals surface area contributed by atoms with Crippen molar-refractivity contribution >= 4 is 33.4 Å². The predicted molar refractivity (Wildman–Crippen MR) is 109 cm³/mol. The molecule has 3 rings (SSSR count). The van der Waals surface area contributed by atoms with Crippen LogP contribution < -0.4 is 10.1 Å². The van der Waals surface area contributed by atoms with Gasteiger partial charge in [0.25, 0.3) is 5.91 Å². The van der Waals surface area contributed by atoms with Gasteiger partial charge in [0.05, 0.1) is 11.1 Å². The lowest BCUT2D eigenvalue weighted by Gasteiger charge is -2.22. The number of carbonyl (C=O) groups is 1. The van der Waals surface area contributed by atoms with Crippen LogP contribution in [0, 0.1) is 0 Å². The summed E-state index contributed by atoms with van der Waals surface area (Å²) in [6.07, 6.45) is 5.67. The van der Waals surface area contributed by atoms with Gasteiger partial charge in [0.15, 0.2) is 6.61 Å². The van der Waals surface area contributed by atoms with E-state index in [1.165, 1.54) is 36.0 Å². The zero-order valence-corrected chi connectivity index (χ0v) is 17.2. The van der Waals surface area contributed by atoms with E-state index in [4.69, 9.17) is 16.3 Å². The van der Waals surface area contributed by atoms with Crippen LogP contribution in [0.3, 0.4) is 0 Å². The number of benzene rings is 2. The summed E-state index contributed by atoms with van der Waals surface area (Å²) < 4.78 is 6.43. The van der Waals surface area contributed by atoms with Gasteiger partial charge >= 0.3 is 0 Å². The fourth-order valence-electron chi connectivity index (χ4n) is 3.36. The number of halogens is 2. The second kappa shape index (κ2) is 8.92. The average molecular weight is 437 g/mol. The molecule has 1 N–H and O–H groups in total. The average Bonchev–Trinajstić information content (AvgIpc) is 2.65.